The van der Waals surface area contributed by atoms with Crippen LogP contribution < -0.4 is 11.3 Å². The largest absolute Gasteiger partial charge is 0.390 e. The molecule has 1 saturated heterocycles. The first-order valence-electron chi connectivity index (χ1n) is 5.85. The van der Waals surface area contributed by atoms with E-state index in [-0.39, 0.29) is 17.1 Å². The molecule has 8 nitrogen and oxygen atoms in total. The second kappa shape index (κ2) is 4.43. The highest BCUT2D eigenvalue weighted by molar-refractivity contribution is 5.70. The summed E-state index contributed by atoms with van der Waals surface area (Å²) < 4.78 is 46.8. The number of anilines is 1. The van der Waals surface area contributed by atoms with E-state index < -0.39 is 36.6 Å². The number of aliphatic hydroxyl groups excluding tert-OH is 1. The zero-order valence-corrected chi connectivity index (χ0v) is 10.3. The van der Waals surface area contributed by atoms with Crippen LogP contribution >= 0.6 is 0 Å². The predicted octanol–water partition coefficient (Wildman–Crippen LogP) is -0.435. The molecule has 3 heterocycles. The molecular weight excluding hydrogens is 295 g/mol. The lowest BCUT2D eigenvalue weighted by molar-refractivity contribution is -0.195. The highest BCUT2D eigenvalue weighted by Crippen LogP contribution is 2.42. The van der Waals surface area contributed by atoms with Gasteiger partial charge in [-0.2, -0.15) is 4.98 Å². The molecule has 3 rings (SSSR count). The van der Waals surface area contributed by atoms with Crippen LogP contribution in [0.5, 0.6) is 0 Å². The topological polar surface area (TPSA) is 119 Å². The number of nitrogens with one attached hydrogen (secondary N) is 1. The molecule has 0 unspecified atom stereocenters. The number of alkyl halides is 3. The van der Waals surface area contributed by atoms with Gasteiger partial charge in [-0.05, 0) is 0 Å². The molecular formula is C10H10F3N5O3. The summed E-state index contributed by atoms with van der Waals surface area (Å²) >= 11 is 0. The maximum atomic E-state index is 13.9. The van der Waals surface area contributed by atoms with E-state index in [1.165, 1.54) is 0 Å². The Hall–Kier alpha value is -2.14. The standard InChI is InChI=1S/C10H10F3N5O3/c11-3-5(12)10(13,1-19)21-8(3)18-2-15-4-6(18)16-9(14)17-7(4)20/h2-3,5,8,19H,1H2,(H3,14,16,17,20)/t3-,5+,8-,10-/m1/s1. The molecule has 0 amide bonds. The van der Waals surface area contributed by atoms with Crippen molar-refractivity contribution in [3.8, 4) is 0 Å². The van der Waals surface area contributed by atoms with Gasteiger partial charge in [-0.3, -0.25) is 14.3 Å². The fraction of sp³-hybridized carbons (Fsp3) is 0.500. The number of H-pyrrole nitrogens is 1. The lowest BCUT2D eigenvalue weighted by Crippen LogP contribution is -2.38. The van der Waals surface area contributed by atoms with E-state index in [2.05, 4.69) is 19.7 Å². The normalized spacial score (nSPS) is 32.9. The monoisotopic (exact) mass is 305 g/mol. The molecule has 4 N–H and O–H groups in total. The van der Waals surface area contributed by atoms with Gasteiger partial charge in [-0.25, -0.2) is 18.2 Å². The average Bonchev–Trinajstić information content (AvgIpc) is 2.95. The SMILES string of the molecule is Nc1nc2c(ncn2[C@@H]2O[C@](F)(CO)[C@@H](F)[C@H]2F)c(=O)[nH]1. The summed E-state index contributed by atoms with van der Waals surface area (Å²) in [5.41, 5.74) is 4.31. The van der Waals surface area contributed by atoms with Crippen molar-refractivity contribution < 1.29 is 23.0 Å². The predicted molar refractivity (Wildman–Crippen MR) is 63.4 cm³/mol. The minimum atomic E-state index is -3.17. The maximum absolute atomic E-state index is 13.9. The van der Waals surface area contributed by atoms with Gasteiger partial charge in [0.25, 0.3) is 11.4 Å². The second-order valence-corrected chi connectivity index (χ2v) is 4.57. The quantitative estimate of drug-likeness (QED) is 0.692. The zero-order chi connectivity index (χ0) is 15.4. The van der Waals surface area contributed by atoms with Gasteiger partial charge in [-0.1, -0.05) is 0 Å². The fourth-order valence-electron chi connectivity index (χ4n) is 2.18. The summed E-state index contributed by atoms with van der Waals surface area (Å²) in [7, 11) is 0. The molecule has 0 saturated carbocycles. The third-order valence-corrected chi connectivity index (χ3v) is 3.22. The number of aliphatic hydroxyl groups is 1. The van der Waals surface area contributed by atoms with Gasteiger partial charge < -0.3 is 15.6 Å². The van der Waals surface area contributed by atoms with Gasteiger partial charge in [0, 0.05) is 0 Å². The number of fused-ring (bicyclic) bond motifs is 1. The number of imidazole rings is 1. The molecule has 11 heteroatoms. The molecule has 2 aromatic rings. The van der Waals surface area contributed by atoms with Crippen LogP contribution in [0, 0.1) is 0 Å². The van der Waals surface area contributed by atoms with Gasteiger partial charge >= 0.3 is 0 Å². The van der Waals surface area contributed by atoms with E-state index in [0.29, 0.717) is 0 Å². The minimum absolute atomic E-state index is 0.182. The van der Waals surface area contributed by atoms with Crippen LogP contribution in [0.4, 0.5) is 19.1 Å². The Bertz CT molecular complexity index is 749. The smallest absolute Gasteiger partial charge is 0.280 e. The average molecular weight is 305 g/mol. The fourth-order valence-corrected chi connectivity index (χ4v) is 2.18. The third-order valence-electron chi connectivity index (χ3n) is 3.22. The van der Waals surface area contributed by atoms with Crippen LogP contribution in [0.2, 0.25) is 0 Å². The molecule has 21 heavy (non-hydrogen) atoms. The molecule has 0 aromatic carbocycles. The van der Waals surface area contributed by atoms with E-state index in [4.69, 9.17) is 10.8 Å². The number of nitrogens with zero attached hydrogens (tertiary/aromatic N) is 3. The summed E-state index contributed by atoms with van der Waals surface area (Å²) in [6, 6.07) is 0. The minimum Gasteiger partial charge on any atom is -0.390 e. The summed E-state index contributed by atoms with van der Waals surface area (Å²) in [6.07, 6.45) is -5.92. The van der Waals surface area contributed by atoms with Crippen LogP contribution in [0.25, 0.3) is 11.2 Å². The molecule has 2 aromatic heterocycles. The van der Waals surface area contributed by atoms with Crippen molar-refractivity contribution in [2.24, 2.45) is 0 Å². The van der Waals surface area contributed by atoms with Crippen molar-refractivity contribution in [3.63, 3.8) is 0 Å². The molecule has 1 aliphatic rings. The summed E-state index contributed by atoms with van der Waals surface area (Å²) in [6.45, 7) is -1.35. The third kappa shape index (κ3) is 1.88. The summed E-state index contributed by atoms with van der Waals surface area (Å²) in [5.74, 6) is -3.44. The summed E-state index contributed by atoms with van der Waals surface area (Å²) in [4.78, 5) is 21.2. The van der Waals surface area contributed by atoms with Crippen LogP contribution in [-0.2, 0) is 4.74 Å². The van der Waals surface area contributed by atoms with Gasteiger partial charge in [-0.15, -0.1) is 0 Å². The Balaban J connectivity index is 2.12. The van der Waals surface area contributed by atoms with E-state index in [1.807, 2.05) is 0 Å². The van der Waals surface area contributed by atoms with Crippen molar-refractivity contribution in [1.82, 2.24) is 19.5 Å². The van der Waals surface area contributed by atoms with Crippen molar-refractivity contribution in [2.45, 2.75) is 24.4 Å². The van der Waals surface area contributed by atoms with Gasteiger partial charge in [0.1, 0.15) is 6.61 Å². The molecule has 4 atom stereocenters. The first kappa shape index (κ1) is 13.8. The lowest BCUT2D eigenvalue weighted by atomic mass is 10.1. The molecule has 1 fully saturated rings. The van der Waals surface area contributed by atoms with Crippen molar-refractivity contribution in [2.75, 3.05) is 12.3 Å². The van der Waals surface area contributed by atoms with Gasteiger partial charge in [0.15, 0.2) is 29.7 Å². The van der Waals surface area contributed by atoms with E-state index in [0.717, 1.165) is 10.9 Å². The first-order chi connectivity index (χ1) is 9.87. The highest BCUT2D eigenvalue weighted by atomic mass is 19.2. The number of halogens is 3. The van der Waals surface area contributed by atoms with Crippen molar-refractivity contribution >= 4 is 17.1 Å². The first-order valence-corrected chi connectivity index (χ1v) is 5.85. The Morgan fingerprint density at radius 1 is 1.57 bits per heavy atom. The molecule has 1 aliphatic heterocycles. The molecule has 0 radical (unpaired) electrons. The van der Waals surface area contributed by atoms with Crippen molar-refractivity contribution in [1.29, 1.82) is 0 Å². The molecule has 0 bridgehead atoms. The van der Waals surface area contributed by atoms with E-state index >= 15 is 0 Å². The molecule has 0 aliphatic carbocycles. The molecule has 114 valence electrons. The van der Waals surface area contributed by atoms with Crippen molar-refractivity contribution in [3.05, 3.63) is 16.7 Å². The number of hydrogen-bond acceptors (Lipinski definition) is 6. The number of rotatable bonds is 2. The number of aromatic amines is 1. The zero-order valence-electron chi connectivity index (χ0n) is 10.3. The van der Waals surface area contributed by atoms with Crippen LogP contribution in [0.1, 0.15) is 6.23 Å². The number of nitrogens with two attached hydrogens (primary N) is 1. The number of nitrogen functional groups attached to an aromatic ring is 1. The number of hydrogen-bond donors (Lipinski definition) is 3. The van der Waals surface area contributed by atoms with Crippen LogP contribution in [0.3, 0.4) is 0 Å². The van der Waals surface area contributed by atoms with Gasteiger partial charge in [0.2, 0.25) is 5.95 Å². The Labute approximate surface area is 114 Å². The van der Waals surface area contributed by atoms with Crippen LogP contribution in [-0.4, -0.2) is 49.4 Å². The Morgan fingerprint density at radius 3 is 2.90 bits per heavy atom. The Kier molecular flexibility index (Phi) is 2.92. The van der Waals surface area contributed by atoms with Gasteiger partial charge in [0.05, 0.1) is 6.33 Å². The number of ether oxygens (including phenoxy) is 1. The summed E-state index contributed by atoms with van der Waals surface area (Å²) in [5, 5.41) is 8.81. The second-order valence-electron chi connectivity index (χ2n) is 4.57. The maximum Gasteiger partial charge on any atom is 0.280 e. The number of aromatic nitrogens is 4. The lowest BCUT2D eigenvalue weighted by Gasteiger charge is -2.18. The Morgan fingerprint density at radius 2 is 2.29 bits per heavy atom. The van der Waals surface area contributed by atoms with E-state index in [1.54, 1.807) is 0 Å². The van der Waals surface area contributed by atoms with E-state index in [9.17, 15) is 18.0 Å². The van der Waals surface area contributed by atoms with Crippen LogP contribution in [0.15, 0.2) is 11.1 Å². The molecule has 0 spiro atoms. The highest BCUT2D eigenvalue weighted by Gasteiger charge is 2.58.